The van der Waals surface area contributed by atoms with Crippen LogP contribution in [0.3, 0.4) is 0 Å². The minimum Gasteiger partial charge on any atom is -0.371 e. The lowest BCUT2D eigenvalue weighted by molar-refractivity contribution is 0.0996. The Bertz CT molecular complexity index is 806. The van der Waals surface area contributed by atoms with Crippen molar-refractivity contribution in [2.24, 2.45) is 5.73 Å². The van der Waals surface area contributed by atoms with E-state index in [1.807, 2.05) is 24.5 Å². The van der Waals surface area contributed by atoms with Crippen molar-refractivity contribution in [3.8, 4) is 0 Å². The summed E-state index contributed by atoms with van der Waals surface area (Å²) in [5.74, 6) is -0.377. The van der Waals surface area contributed by atoms with Gasteiger partial charge >= 0.3 is 0 Å². The van der Waals surface area contributed by atoms with E-state index in [-0.39, 0.29) is 11.9 Å². The molecule has 1 aromatic heterocycles. The molecule has 0 atom stereocenters. The zero-order valence-electron chi connectivity index (χ0n) is 15.2. The first kappa shape index (κ1) is 18.0. The molecule has 1 aliphatic rings. The predicted molar refractivity (Wildman–Crippen MR) is 102 cm³/mol. The summed E-state index contributed by atoms with van der Waals surface area (Å²) >= 11 is 0. The highest BCUT2D eigenvalue weighted by molar-refractivity contribution is 6.04. The summed E-state index contributed by atoms with van der Waals surface area (Å²) in [4.78, 5) is 30.7. The number of anilines is 2. The molecule has 7 nitrogen and oxygen atoms in total. The Kier molecular flexibility index (Phi) is 5.25. The van der Waals surface area contributed by atoms with Gasteiger partial charge in [0.25, 0.3) is 11.8 Å². The maximum atomic E-state index is 12.6. The molecule has 1 aliphatic heterocycles. The molecule has 0 unspecified atom stereocenters. The average Bonchev–Trinajstić information content (AvgIpc) is 3.12. The largest absolute Gasteiger partial charge is 0.371 e. The van der Waals surface area contributed by atoms with Gasteiger partial charge in [-0.2, -0.15) is 0 Å². The molecule has 0 radical (unpaired) electrons. The van der Waals surface area contributed by atoms with Gasteiger partial charge in [-0.25, -0.2) is 4.98 Å². The molecule has 1 aromatic carbocycles. The molecule has 138 valence electrons. The van der Waals surface area contributed by atoms with Gasteiger partial charge < -0.3 is 20.5 Å². The number of carbonyl (C=O) groups is 2. The molecule has 1 fully saturated rings. The lowest BCUT2D eigenvalue weighted by Gasteiger charge is -2.30. The first-order chi connectivity index (χ1) is 12.5. The van der Waals surface area contributed by atoms with E-state index in [2.05, 4.69) is 15.2 Å². The van der Waals surface area contributed by atoms with Gasteiger partial charge in [-0.1, -0.05) is 0 Å². The number of rotatable bonds is 5. The van der Waals surface area contributed by atoms with Crippen molar-refractivity contribution in [3.63, 3.8) is 0 Å². The second-order valence-electron chi connectivity index (χ2n) is 6.85. The number of nitrogens with zero attached hydrogens (tertiary/aromatic N) is 3. The van der Waals surface area contributed by atoms with Crippen LogP contribution in [0.25, 0.3) is 0 Å². The zero-order valence-corrected chi connectivity index (χ0v) is 15.2. The van der Waals surface area contributed by atoms with Crippen molar-refractivity contribution in [2.75, 3.05) is 23.3 Å². The first-order valence-corrected chi connectivity index (χ1v) is 9.00. The van der Waals surface area contributed by atoms with Crippen LogP contribution in [-0.2, 0) is 0 Å². The van der Waals surface area contributed by atoms with Crippen molar-refractivity contribution < 1.29 is 9.59 Å². The highest BCUT2D eigenvalue weighted by Gasteiger charge is 2.20. The number of benzene rings is 1. The Morgan fingerprint density at radius 2 is 1.92 bits per heavy atom. The topological polar surface area (TPSA) is 93.2 Å². The van der Waals surface area contributed by atoms with E-state index in [0.717, 1.165) is 31.6 Å². The van der Waals surface area contributed by atoms with Gasteiger partial charge in [0.2, 0.25) is 0 Å². The molecule has 0 bridgehead atoms. The minimum absolute atomic E-state index is 0.138. The number of hydrogen-bond acceptors (Lipinski definition) is 4. The number of aromatic nitrogens is 2. The molecular formula is C19H25N5O2. The van der Waals surface area contributed by atoms with Gasteiger partial charge in [0, 0.05) is 37.2 Å². The molecular weight excluding hydrogens is 330 g/mol. The monoisotopic (exact) mass is 355 g/mol. The number of primary amides is 1. The number of nitrogens with one attached hydrogen (secondary N) is 1. The van der Waals surface area contributed by atoms with Crippen LogP contribution in [0.15, 0.2) is 30.6 Å². The second-order valence-corrected chi connectivity index (χ2v) is 6.85. The maximum Gasteiger partial charge on any atom is 0.291 e. The molecule has 7 heteroatoms. The van der Waals surface area contributed by atoms with Crippen molar-refractivity contribution in [3.05, 3.63) is 42.0 Å². The van der Waals surface area contributed by atoms with Crippen LogP contribution in [0.5, 0.6) is 0 Å². The van der Waals surface area contributed by atoms with E-state index in [1.54, 1.807) is 24.5 Å². The van der Waals surface area contributed by atoms with Crippen LogP contribution in [0, 0.1) is 0 Å². The summed E-state index contributed by atoms with van der Waals surface area (Å²) in [5, 5.41) is 2.88. The summed E-state index contributed by atoms with van der Waals surface area (Å²) in [6, 6.07) is 5.34. The molecule has 0 spiro atoms. The van der Waals surface area contributed by atoms with E-state index in [0.29, 0.717) is 17.1 Å². The lowest BCUT2D eigenvalue weighted by atomic mass is 10.1. The lowest BCUT2D eigenvalue weighted by Crippen LogP contribution is -2.31. The number of piperidine rings is 1. The van der Waals surface area contributed by atoms with Crippen LogP contribution >= 0.6 is 0 Å². The first-order valence-electron chi connectivity index (χ1n) is 9.00. The fourth-order valence-corrected chi connectivity index (χ4v) is 3.31. The fourth-order valence-electron chi connectivity index (χ4n) is 3.31. The molecule has 0 aliphatic carbocycles. The molecule has 0 saturated carbocycles. The normalized spacial score (nSPS) is 14.5. The second kappa shape index (κ2) is 7.59. The van der Waals surface area contributed by atoms with E-state index < -0.39 is 5.91 Å². The van der Waals surface area contributed by atoms with E-state index in [1.165, 1.54) is 6.42 Å². The quantitative estimate of drug-likeness (QED) is 0.862. The maximum absolute atomic E-state index is 12.6. The van der Waals surface area contributed by atoms with Gasteiger partial charge in [-0.15, -0.1) is 0 Å². The molecule has 2 heterocycles. The summed E-state index contributed by atoms with van der Waals surface area (Å²) in [7, 11) is 0. The Balaban J connectivity index is 1.87. The predicted octanol–water partition coefficient (Wildman–Crippen LogP) is 2.81. The van der Waals surface area contributed by atoms with Crippen LogP contribution in [0.1, 0.15) is 60.1 Å². The third kappa shape index (κ3) is 3.71. The van der Waals surface area contributed by atoms with Crippen LogP contribution in [0.2, 0.25) is 0 Å². The number of carbonyl (C=O) groups excluding carboxylic acids is 2. The highest BCUT2D eigenvalue weighted by Crippen LogP contribution is 2.28. The summed E-state index contributed by atoms with van der Waals surface area (Å²) in [6.45, 7) is 5.76. The average molecular weight is 355 g/mol. The molecule has 2 amide bonds. The minimum atomic E-state index is -0.459. The Morgan fingerprint density at radius 1 is 1.19 bits per heavy atom. The smallest absolute Gasteiger partial charge is 0.291 e. The zero-order chi connectivity index (χ0) is 18.7. The van der Waals surface area contributed by atoms with Crippen molar-refractivity contribution in [1.29, 1.82) is 0 Å². The Morgan fingerprint density at radius 3 is 2.58 bits per heavy atom. The summed E-state index contributed by atoms with van der Waals surface area (Å²) in [6.07, 6.45) is 6.76. The number of imidazole rings is 1. The summed E-state index contributed by atoms with van der Waals surface area (Å²) < 4.78 is 1.82. The van der Waals surface area contributed by atoms with Crippen molar-refractivity contribution >= 4 is 23.2 Å². The van der Waals surface area contributed by atoms with Crippen LogP contribution < -0.4 is 16.0 Å². The third-order valence-electron chi connectivity index (χ3n) is 4.65. The number of amides is 2. The third-order valence-corrected chi connectivity index (χ3v) is 4.65. The molecule has 26 heavy (non-hydrogen) atoms. The van der Waals surface area contributed by atoms with Crippen molar-refractivity contribution in [1.82, 2.24) is 9.55 Å². The fraction of sp³-hybridized carbons (Fsp3) is 0.421. The SMILES string of the molecule is CC(C)n1ccnc1C(=O)Nc1ccc(C(N)=O)c(N2CCCCC2)c1. The molecule has 3 N–H and O–H groups in total. The van der Waals surface area contributed by atoms with Crippen LogP contribution in [0.4, 0.5) is 11.4 Å². The highest BCUT2D eigenvalue weighted by atomic mass is 16.2. The standard InChI is InChI=1S/C19H25N5O2/c1-13(2)24-11-8-21-18(24)19(26)22-14-6-7-15(17(20)25)16(12-14)23-9-4-3-5-10-23/h6-8,11-13H,3-5,9-10H2,1-2H3,(H2,20,25)(H,22,26). The van der Waals surface area contributed by atoms with E-state index in [4.69, 9.17) is 5.73 Å². The van der Waals surface area contributed by atoms with E-state index >= 15 is 0 Å². The van der Waals surface area contributed by atoms with Gasteiger partial charge in [0.1, 0.15) is 0 Å². The van der Waals surface area contributed by atoms with Crippen molar-refractivity contribution in [2.45, 2.75) is 39.2 Å². The van der Waals surface area contributed by atoms with E-state index in [9.17, 15) is 9.59 Å². The van der Waals surface area contributed by atoms with Gasteiger partial charge in [-0.05, 0) is 51.3 Å². The Hall–Kier alpha value is -2.83. The molecule has 3 rings (SSSR count). The van der Waals surface area contributed by atoms with Gasteiger partial charge in [-0.3, -0.25) is 9.59 Å². The number of nitrogens with two attached hydrogens (primary N) is 1. The number of hydrogen-bond donors (Lipinski definition) is 2. The molecule has 2 aromatic rings. The van der Waals surface area contributed by atoms with Gasteiger partial charge in [0.05, 0.1) is 11.3 Å². The van der Waals surface area contributed by atoms with Gasteiger partial charge in [0.15, 0.2) is 5.82 Å². The summed E-state index contributed by atoms with van der Waals surface area (Å²) in [5.41, 5.74) is 7.42. The van der Waals surface area contributed by atoms with Crippen LogP contribution in [-0.4, -0.2) is 34.5 Å². The molecule has 1 saturated heterocycles. The Labute approximate surface area is 153 Å².